The minimum absolute atomic E-state index is 0.237. The van der Waals surface area contributed by atoms with Crippen molar-refractivity contribution in [1.82, 2.24) is 4.57 Å². The van der Waals surface area contributed by atoms with Crippen molar-refractivity contribution in [2.75, 3.05) is 20.8 Å². The Morgan fingerprint density at radius 1 is 1.03 bits per heavy atom. The molecule has 0 aliphatic heterocycles. The molecule has 1 aromatic carbocycles. The van der Waals surface area contributed by atoms with E-state index < -0.39 is 5.97 Å². The largest absolute Gasteiger partial charge is 0.497 e. The second-order valence-electron chi connectivity index (χ2n) is 6.55. The van der Waals surface area contributed by atoms with E-state index in [0.29, 0.717) is 23.6 Å². The van der Waals surface area contributed by atoms with Crippen LogP contribution in [0.25, 0.3) is 0 Å². The number of rotatable bonds is 8. The van der Waals surface area contributed by atoms with E-state index in [1.54, 1.807) is 29.5 Å². The van der Waals surface area contributed by atoms with Gasteiger partial charge in [-0.2, -0.15) is 0 Å². The van der Waals surface area contributed by atoms with Crippen molar-refractivity contribution in [3.63, 3.8) is 0 Å². The lowest BCUT2D eigenvalue weighted by Gasteiger charge is -2.09. The molecule has 2 aromatic heterocycles. The van der Waals surface area contributed by atoms with Gasteiger partial charge in [0.15, 0.2) is 6.61 Å². The van der Waals surface area contributed by atoms with Gasteiger partial charge in [-0.25, -0.2) is 4.79 Å². The van der Waals surface area contributed by atoms with E-state index >= 15 is 0 Å². The summed E-state index contributed by atoms with van der Waals surface area (Å²) in [5.41, 5.74) is 2.68. The van der Waals surface area contributed by atoms with Crippen LogP contribution in [0.15, 0.2) is 41.8 Å². The van der Waals surface area contributed by atoms with Gasteiger partial charge in [-0.05, 0) is 43.5 Å². The Morgan fingerprint density at radius 2 is 1.72 bits per heavy atom. The standard InChI is InChI=1S/C22H23NO5S/c1-14-8-20(15(2)23(14)12-19-6-5-7-29-19)21(24)13-28-22(25)16-9-17(26-3)11-18(10-16)27-4/h5-11H,12-13H2,1-4H3. The van der Waals surface area contributed by atoms with Crippen molar-refractivity contribution < 1.29 is 23.8 Å². The first-order valence-corrected chi connectivity index (χ1v) is 9.93. The maximum Gasteiger partial charge on any atom is 0.338 e. The molecule has 0 aliphatic carbocycles. The predicted octanol–water partition coefficient (Wildman–Crippen LogP) is 4.27. The molecule has 7 heteroatoms. The van der Waals surface area contributed by atoms with Gasteiger partial charge >= 0.3 is 5.97 Å². The Balaban J connectivity index is 1.70. The van der Waals surface area contributed by atoms with Crippen molar-refractivity contribution in [2.45, 2.75) is 20.4 Å². The zero-order chi connectivity index (χ0) is 21.0. The van der Waals surface area contributed by atoms with Crippen molar-refractivity contribution in [1.29, 1.82) is 0 Å². The lowest BCUT2D eigenvalue weighted by molar-refractivity contribution is 0.0474. The number of nitrogens with zero attached hydrogens (tertiary/aromatic N) is 1. The van der Waals surface area contributed by atoms with E-state index in [0.717, 1.165) is 11.4 Å². The molecular weight excluding hydrogens is 390 g/mol. The van der Waals surface area contributed by atoms with Crippen LogP contribution < -0.4 is 9.47 Å². The van der Waals surface area contributed by atoms with E-state index in [9.17, 15) is 9.59 Å². The van der Waals surface area contributed by atoms with Gasteiger partial charge in [-0.3, -0.25) is 4.79 Å². The number of carbonyl (C=O) groups excluding carboxylic acids is 2. The van der Waals surface area contributed by atoms with Crippen LogP contribution in [0.3, 0.4) is 0 Å². The molecule has 0 N–H and O–H groups in total. The van der Waals surface area contributed by atoms with Crippen LogP contribution in [0, 0.1) is 13.8 Å². The van der Waals surface area contributed by atoms with Crippen molar-refractivity contribution >= 4 is 23.1 Å². The summed E-state index contributed by atoms with van der Waals surface area (Å²) in [6.07, 6.45) is 0. The second kappa shape index (κ2) is 8.96. The number of methoxy groups -OCH3 is 2. The molecule has 0 saturated carbocycles. The third-order valence-corrected chi connectivity index (χ3v) is 5.55. The Hall–Kier alpha value is -3.06. The van der Waals surface area contributed by atoms with Gasteiger partial charge in [0.25, 0.3) is 0 Å². The van der Waals surface area contributed by atoms with E-state index in [4.69, 9.17) is 14.2 Å². The molecule has 2 heterocycles. The van der Waals surface area contributed by atoms with Gasteiger partial charge in [0, 0.05) is 27.9 Å². The quantitative estimate of drug-likeness (QED) is 0.408. The van der Waals surface area contributed by atoms with Gasteiger partial charge in [0.05, 0.1) is 26.3 Å². The summed E-state index contributed by atoms with van der Waals surface area (Å²) in [7, 11) is 3.00. The fraction of sp³-hybridized carbons (Fsp3) is 0.273. The fourth-order valence-corrected chi connectivity index (χ4v) is 3.80. The summed E-state index contributed by atoms with van der Waals surface area (Å²) in [6.45, 7) is 4.25. The predicted molar refractivity (Wildman–Crippen MR) is 111 cm³/mol. The minimum atomic E-state index is -0.608. The molecular formula is C22H23NO5S. The topological polar surface area (TPSA) is 66.8 Å². The molecule has 0 atom stereocenters. The third kappa shape index (κ3) is 4.68. The molecule has 3 aromatic rings. The number of benzene rings is 1. The van der Waals surface area contributed by atoms with E-state index in [2.05, 4.69) is 10.6 Å². The Labute approximate surface area is 173 Å². The highest BCUT2D eigenvalue weighted by Gasteiger charge is 2.19. The monoisotopic (exact) mass is 413 g/mol. The molecule has 29 heavy (non-hydrogen) atoms. The van der Waals surface area contributed by atoms with E-state index in [1.165, 1.54) is 19.1 Å². The van der Waals surface area contributed by atoms with Crippen LogP contribution in [0.5, 0.6) is 11.5 Å². The number of aryl methyl sites for hydroxylation is 1. The highest BCUT2D eigenvalue weighted by Crippen LogP contribution is 2.23. The first kappa shape index (κ1) is 20.7. The highest BCUT2D eigenvalue weighted by molar-refractivity contribution is 7.09. The van der Waals surface area contributed by atoms with Gasteiger partial charge in [-0.1, -0.05) is 6.07 Å². The molecule has 0 fully saturated rings. The van der Waals surface area contributed by atoms with Crippen LogP contribution >= 0.6 is 11.3 Å². The highest BCUT2D eigenvalue weighted by atomic mass is 32.1. The fourth-order valence-electron chi connectivity index (χ4n) is 3.10. The third-order valence-electron chi connectivity index (χ3n) is 4.69. The molecule has 0 spiro atoms. The molecule has 0 bridgehead atoms. The normalized spacial score (nSPS) is 10.6. The van der Waals surface area contributed by atoms with E-state index in [1.807, 2.05) is 31.4 Å². The minimum Gasteiger partial charge on any atom is -0.497 e. The molecule has 0 amide bonds. The summed E-state index contributed by atoms with van der Waals surface area (Å²) in [6, 6.07) is 10.7. The summed E-state index contributed by atoms with van der Waals surface area (Å²) in [4.78, 5) is 26.3. The molecule has 152 valence electrons. The smallest absolute Gasteiger partial charge is 0.338 e. The molecule has 0 radical (unpaired) electrons. The second-order valence-corrected chi connectivity index (χ2v) is 7.58. The maximum atomic E-state index is 12.7. The van der Waals surface area contributed by atoms with Crippen LogP contribution in [0.2, 0.25) is 0 Å². The SMILES string of the molecule is COc1cc(OC)cc(C(=O)OCC(=O)c2cc(C)n(Cc3cccs3)c2C)c1. The lowest BCUT2D eigenvalue weighted by atomic mass is 10.1. The van der Waals surface area contributed by atoms with Crippen molar-refractivity contribution in [3.8, 4) is 11.5 Å². The van der Waals surface area contributed by atoms with Gasteiger partial charge in [0.1, 0.15) is 11.5 Å². The van der Waals surface area contributed by atoms with Gasteiger partial charge in [0.2, 0.25) is 5.78 Å². The van der Waals surface area contributed by atoms with Crippen LogP contribution in [0.4, 0.5) is 0 Å². The Morgan fingerprint density at radius 3 is 2.31 bits per heavy atom. The van der Waals surface area contributed by atoms with Gasteiger partial charge < -0.3 is 18.8 Å². The number of ether oxygens (including phenoxy) is 3. The molecule has 0 aliphatic rings. The number of carbonyl (C=O) groups is 2. The van der Waals surface area contributed by atoms with E-state index in [-0.39, 0.29) is 18.0 Å². The van der Waals surface area contributed by atoms with Crippen molar-refractivity contribution in [2.24, 2.45) is 0 Å². The average Bonchev–Trinajstić information content (AvgIpc) is 3.35. The zero-order valence-electron chi connectivity index (χ0n) is 16.9. The number of hydrogen-bond acceptors (Lipinski definition) is 6. The summed E-state index contributed by atoms with van der Waals surface area (Å²) < 4.78 is 17.7. The maximum absolute atomic E-state index is 12.7. The molecule has 0 saturated heterocycles. The number of esters is 1. The molecule has 3 rings (SSSR count). The summed E-state index contributed by atoms with van der Waals surface area (Å²) in [5, 5.41) is 2.03. The number of Topliss-reactive ketones (excluding diaryl/α,β-unsaturated/α-hetero) is 1. The van der Waals surface area contributed by atoms with Gasteiger partial charge in [-0.15, -0.1) is 11.3 Å². The van der Waals surface area contributed by atoms with Crippen molar-refractivity contribution in [3.05, 3.63) is 69.2 Å². The summed E-state index contributed by atoms with van der Waals surface area (Å²) >= 11 is 1.67. The first-order chi connectivity index (χ1) is 13.9. The zero-order valence-corrected chi connectivity index (χ0v) is 17.7. The Kier molecular flexibility index (Phi) is 6.39. The number of thiophene rings is 1. The molecule has 6 nitrogen and oxygen atoms in total. The van der Waals surface area contributed by atoms with Crippen LogP contribution in [-0.2, 0) is 11.3 Å². The van der Waals surface area contributed by atoms with Crippen LogP contribution in [-0.4, -0.2) is 37.1 Å². The summed E-state index contributed by atoms with van der Waals surface area (Å²) in [5.74, 6) is 0.0983. The average molecular weight is 413 g/mol. The first-order valence-electron chi connectivity index (χ1n) is 9.05. The van der Waals surface area contributed by atoms with Crippen LogP contribution in [0.1, 0.15) is 37.0 Å². The Bertz CT molecular complexity index is 998. The number of ketones is 1. The number of aromatic nitrogens is 1. The molecule has 0 unspecified atom stereocenters. The lowest BCUT2D eigenvalue weighted by Crippen LogP contribution is -2.15. The number of hydrogen-bond donors (Lipinski definition) is 0.